The zero-order chi connectivity index (χ0) is 85.7. The Hall–Kier alpha value is -13.1. The Morgan fingerprint density at radius 2 is 1.13 bits per heavy atom. The third-order valence-electron chi connectivity index (χ3n) is 19.5. The number of phenols is 1. The lowest BCUT2D eigenvalue weighted by Gasteiger charge is -2.24. The van der Waals surface area contributed by atoms with Gasteiger partial charge in [-0.2, -0.15) is 36.3 Å². The Bertz CT molecular complexity index is 5490. The lowest BCUT2D eigenvalue weighted by molar-refractivity contribution is -0.140. The number of unbranched alkanes of at least 4 members (excludes halogenated alkanes) is 9. The molecule has 119 heavy (non-hydrogen) atoms. The molecule has 2 aliphatic rings. The van der Waals surface area contributed by atoms with Crippen molar-refractivity contribution in [2.75, 3.05) is 49.6 Å². The van der Waals surface area contributed by atoms with E-state index >= 15 is 0 Å². The molecule has 626 valence electrons. The van der Waals surface area contributed by atoms with Crippen LogP contribution in [0, 0.1) is 0 Å². The van der Waals surface area contributed by atoms with E-state index in [1.807, 2.05) is 11.9 Å². The standard InChI is InChI=1S/C83H86F6N14O15S/c1-103(47-55-46-95-73-71(97-55)72(90)101-81(91)102-73)56-27-20-50(21-28-56)75(108)98-64(80(114)115)34-35-69(106)92-36-9-6-4-2-3-5-7-10-37-93-74(107)51-14-13-15-59(42-51)119(116,117)96-39-12-8-11-38-94-77(110)65(40-48-16-23-53(24-17-48)82(84,85)86)100-78(111)66(41-49-18-25-54(26-19-49)83(87,88)89)99-76(109)52-22-31-60(63(43-52)79(112)113)70-61-32-29-57(104)44-67(61)118-68-45-58(105)30-33-62(68)70/h13-33,42-46,64-66,96,104H,2-12,34-41,47H2,1H3,(H,92,106)(H,93,107)(H,94,110)(H,98,108)(H,99,109)(H,100,111)(H,112,113)(H,114,115)(H4,90,91,95,101,102)/t64-,65-,66-/m0/s1. The van der Waals surface area contributed by atoms with E-state index in [9.17, 15) is 93.2 Å². The number of carbonyl (C=O) groups is 8. The van der Waals surface area contributed by atoms with E-state index in [-0.39, 0.29) is 129 Å². The number of aromatic hydroxyl groups is 1. The molecule has 0 fully saturated rings. The molecule has 1 aliphatic carbocycles. The molecule has 0 spiro atoms. The van der Waals surface area contributed by atoms with Crippen LogP contribution in [0.1, 0.15) is 153 Å². The summed E-state index contributed by atoms with van der Waals surface area (Å²) in [6.45, 7) is 0.922. The number of amides is 6. The minimum Gasteiger partial charge on any atom is -0.508 e. The lowest BCUT2D eigenvalue weighted by atomic mass is 9.89. The summed E-state index contributed by atoms with van der Waals surface area (Å²) in [4.78, 5) is 138. The quantitative estimate of drug-likeness (QED) is 0.00964. The summed E-state index contributed by atoms with van der Waals surface area (Å²) in [6.07, 6.45) is -1.60. The van der Waals surface area contributed by atoms with Gasteiger partial charge in [0, 0.05) is 104 Å². The molecule has 6 aromatic carbocycles. The number of phenolic OH excluding ortho intramolecular Hbond substituents is 1. The van der Waals surface area contributed by atoms with Crippen LogP contribution in [0.4, 0.5) is 43.8 Å². The van der Waals surface area contributed by atoms with Crippen LogP contribution in [-0.4, -0.2) is 142 Å². The van der Waals surface area contributed by atoms with Crippen LogP contribution in [-0.2, 0) is 60.9 Å². The predicted octanol–water partition coefficient (Wildman–Crippen LogP) is 10.5. The second kappa shape index (κ2) is 40.2. The van der Waals surface area contributed by atoms with Gasteiger partial charge in [-0.3, -0.25) is 33.6 Å². The van der Waals surface area contributed by atoms with Crippen LogP contribution in [0.15, 0.2) is 172 Å². The second-order valence-electron chi connectivity index (χ2n) is 28.3. The SMILES string of the molecule is CN(Cc1cnc2nc(N)nc(N)c2n1)c1ccc(C(=O)N[C@@H](CCC(=O)NCCCCCCCCCCNC(=O)c2cccc(S(=O)(=O)NCCCCCNC(=O)[C@H](Cc3ccc(C(F)(F)F)cc3)NC(=O)[C@H](Cc3ccc(C(F)(F)F)cc3)NC(=O)c3ccc(-c4c5ccc(=O)cc-5oc5cc(O)ccc45)c(C(=O)O)c3)c2)C(=O)O)cc1. The summed E-state index contributed by atoms with van der Waals surface area (Å²) in [5.74, 6) is -7.36. The van der Waals surface area contributed by atoms with E-state index < -0.39 is 117 Å². The van der Waals surface area contributed by atoms with Gasteiger partial charge in [0.05, 0.1) is 40.0 Å². The van der Waals surface area contributed by atoms with Crippen LogP contribution in [0.25, 0.3) is 44.6 Å². The molecule has 3 heterocycles. The first kappa shape index (κ1) is 88.2. The number of carbonyl (C=O) groups excluding carboxylic acids is 6. The predicted molar refractivity (Wildman–Crippen MR) is 428 cm³/mol. The van der Waals surface area contributed by atoms with Crippen molar-refractivity contribution in [1.29, 1.82) is 0 Å². The number of carboxylic acid groups (broad SMARTS) is 2. The van der Waals surface area contributed by atoms with E-state index in [0.717, 1.165) is 105 Å². The number of carboxylic acids is 2. The zero-order valence-corrected chi connectivity index (χ0v) is 65.0. The summed E-state index contributed by atoms with van der Waals surface area (Å²) < 4.78 is 117. The van der Waals surface area contributed by atoms with Crippen molar-refractivity contribution < 1.29 is 92.9 Å². The number of fused-ring (bicyclic) bond motifs is 3. The molecule has 10 rings (SSSR count). The minimum absolute atomic E-state index is 0.0190. The molecule has 36 heteroatoms. The first-order valence-electron chi connectivity index (χ1n) is 38.0. The van der Waals surface area contributed by atoms with E-state index in [1.54, 1.807) is 24.3 Å². The largest absolute Gasteiger partial charge is 0.508 e. The normalized spacial score (nSPS) is 12.5. The number of nitrogens with one attached hydrogen (secondary N) is 7. The Balaban J connectivity index is 0.636. The van der Waals surface area contributed by atoms with Gasteiger partial charge in [0.1, 0.15) is 35.2 Å². The highest BCUT2D eigenvalue weighted by molar-refractivity contribution is 7.89. The molecule has 0 bridgehead atoms. The molecular formula is C83H86F6N14O15S. The maximum atomic E-state index is 14.6. The number of benzene rings is 7. The fourth-order valence-corrected chi connectivity index (χ4v) is 14.2. The molecule has 14 N–H and O–H groups in total. The van der Waals surface area contributed by atoms with Crippen LogP contribution < -0.4 is 58.4 Å². The van der Waals surface area contributed by atoms with Gasteiger partial charge in [-0.1, -0.05) is 81.3 Å². The molecule has 0 radical (unpaired) electrons. The van der Waals surface area contributed by atoms with Gasteiger partial charge in [-0.05, 0) is 152 Å². The number of anilines is 3. The number of alkyl halides is 6. The van der Waals surface area contributed by atoms with Gasteiger partial charge in [0.2, 0.25) is 33.7 Å². The number of hydrogen-bond donors (Lipinski definition) is 12. The second-order valence-corrected chi connectivity index (χ2v) is 30.1. The van der Waals surface area contributed by atoms with E-state index in [0.29, 0.717) is 55.5 Å². The molecular weight excluding hydrogens is 1580 g/mol. The highest BCUT2D eigenvalue weighted by atomic mass is 32.2. The number of aromatic carboxylic acids is 1. The van der Waals surface area contributed by atoms with Crippen LogP contribution in [0.3, 0.4) is 0 Å². The number of aliphatic carboxylic acids is 1. The van der Waals surface area contributed by atoms with Crippen molar-refractivity contribution in [3.8, 4) is 28.2 Å². The lowest BCUT2D eigenvalue weighted by Crippen LogP contribution is -2.55. The van der Waals surface area contributed by atoms with Crippen molar-refractivity contribution in [3.05, 3.63) is 218 Å². The Labute approximate surface area is 677 Å². The van der Waals surface area contributed by atoms with E-state index in [4.69, 9.17) is 15.9 Å². The maximum absolute atomic E-state index is 14.6. The van der Waals surface area contributed by atoms with Crippen LogP contribution in [0.5, 0.6) is 5.75 Å². The highest BCUT2D eigenvalue weighted by Gasteiger charge is 2.34. The first-order chi connectivity index (χ1) is 56.7. The fourth-order valence-electron chi connectivity index (χ4n) is 13.1. The maximum Gasteiger partial charge on any atom is 0.416 e. The van der Waals surface area contributed by atoms with Gasteiger partial charge < -0.3 is 68.0 Å². The fraction of sp³-hybridized carbons (Fsp3) is 0.313. The van der Waals surface area contributed by atoms with E-state index in [2.05, 4.69) is 56.6 Å². The third kappa shape index (κ3) is 24.7. The summed E-state index contributed by atoms with van der Waals surface area (Å²) in [5.41, 5.74) is 11.4. The number of nitrogen functional groups attached to an aromatic ring is 2. The molecule has 0 saturated heterocycles. The topological polar surface area (TPSA) is 453 Å². The van der Waals surface area contributed by atoms with Crippen LogP contribution in [0.2, 0.25) is 0 Å². The van der Waals surface area contributed by atoms with Gasteiger partial charge >= 0.3 is 24.3 Å². The summed E-state index contributed by atoms with van der Waals surface area (Å²) in [7, 11) is -2.32. The molecule has 0 saturated carbocycles. The zero-order valence-electron chi connectivity index (χ0n) is 64.2. The molecule has 29 nitrogen and oxygen atoms in total. The highest BCUT2D eigenvalue weighted by Crippen LogP contribution is 2.43. The number of hydrogen-bond acceptors (Lipinski definition) is 20. The molecule has 2 aromatic heterocycles. The molecule has 3 atom stereocenters. The minimum atomic E-state index is -4.76. The number of sulfonamides is 1. The van der Waals surface area contributed by atoms with Gasteiger partial charge in [-0.25, -0.2) is 32.7 Å². The number of rotatable bonds is 40. The Morgan fingerprint density at radius 3 is 1.76 bits per heavy atom. The molecule has 1 aliphatic heterocycles. The summed E-state index contributed by atoms with van der Waals surface area (Å²) in [6, 6.07) is 26.0. The van der Waals surface area contributed by atoms with Gasteiger partial charge in [0.25, 0.3) is 17.7 Å². The Kier molecular flexibility index (Phi) is 29.8. The first-order valence-corrected chi connectivity index (χ1v) is 39.5. The smallest absolute Gasteiger partial charge is 0.416 e. The van der Waals surface area contributed by atoms with Gasteiger partial charge in [-0.15, -0.1) is 0 Å². The van der Waals surface area contributed by atoms with Crippen molar-refractivity contribution in [3.63, 3.8) is 0 Å². The van der Waals surface area contributed by atoms with Crippen LogP contribution >= 0.6 is 0 Å². The van der Waals surface area contributed by atoms with Crippen molar-refractivity contribution in [2.24, 2.45) is 0 Å². The average molecular weight is 1670 g/mol. The number of nitrogens with zero attached hydrogens (tertiary/aromatic N) is 5. The molecule has 6 amide bonds. The average Bonchev–Trinajstić information content (AvgIpc) is 0.752. The van der Waals surface area contributed by atoms with E-state index in [1.165, 1.54) is 72.9 Å². The summed E-state index contributed by atoms with van der Waals surface area (Å²) in [5, 5.41) is 46.9. The van der Waals surface area contributed by atoms with Crippen molar-refractivity contribution >= 4 is 97.0 Å². The summed E-state index contributed by atoms with van der Waals surface area (Å²) >= 11 is 0. The number of aromatic nitrogens is 4. The Morgan fingerprint density at radius 1 is 0.563 bits per heavy atom. The number of nitrogens with two attached hydrogens (primary N) is 2. The molecule has 8 aromatic rings. The van der Waals surface area contributed by atoms with Crippen molar-refractivity contribution in [1.82, 2.24) is 56.6 Å². The molecule has 0 unspecified atom stereocenters. The monoisotopic (exact) mass is 1660 g/mol. The van der Waals surface area contributed by atoms with Crippen molar-refractivity contribution in [2.45, 2.75) is 138 Å². The van der Waals surface area contributed by atoms with Gasteiger partial charge in [0.15, 0.2) is 22.4 Å². The number of halogens is 6. The third-order valence-corrected chi connectivity index (χ3v) is 20.9.